The van der Waals surface area contributed by atoms with Crippen LogP contribution in [0.25, 0.3) is 0 Å². The third-order valence-electron chi connectivity index (χ3n) is 4.95. The summed E-state index contributed by atoms with van der Waals surface area (Å²) in [5.74, 6) is 0.894. The molecule has 0 radical (unpaired) electrons. The molecule has 1 saturated carbocycles. The van der Waals surface area contributed by atoms with E-state index in [1.807, 2.05) is 7.05 Å². The highest BCUT2D eigenvalue weighted by Gasteiger charge is 2.34. The molecule has 1 N–H and O–H groups in total. The molecular weight excluding hydrogens is 268 g/mol. The highest BCUT2D eigenvalue weighted by atomic mass is 35.5. The normalized spacial score (nSPS) is 23.7. The van der Waals surface area contributed by atoms with Crippen LogP contribution in [0.4, 0.5) is 5.69 Å². The Labute approximate surface area is 127 Å². The molecule has 2 nitrogen and oxygen atoms in total. The summed E-state index contributed by atoms with van der Waals surface area (Å²) in [6.07, 6.45) is 8.33. The fourth-order valence-corrected chi connectivity index (χ4v) is 4.33. The molecule has 1 aliphatic carbocycles. The Bertz CT molecular complexity index is 454. The summed E-state index contributed by atoms with van der Waals surface area (Å²) >= 11 is 6.55. The zero-order chi connectivity index (χ0) is 13.9. The second-order valence-corrected chi connectivity index (χ2v) is 6.67. The summed E-state index contributed by atoms with van der Waals surface area (Å²) < 4.78 is 0. The molecule has 1 atom stereocenters. The van der Waals surface area contributed by atoms with Gasteiger partial charge in [-0.2, -0.15) is 0 Å². The van der Waals surface area contributed by atoms with Gasteiger partial charge in [-0.15, -0.1) is 0 Å². The predicted molar refractivity (Wildman–Crippen MR) is 86.5 cm³/mol. The van der Waals surface area contributed by atoms with Crippen molar-refractivity contribution in [2.24, 2.45) is 5.92 Å². The van der Waals surface area contributed by atoms with E-state index in [-0.39, 0.29) is 0 Å². The first-order chi connectivity index (χ1) is 9.79. The molecule has 3 rings (SSSR count). The Morgan fingerprint density at radius 3 is 2.70 bits per heavy atom. The molecule has 0 bridgehead atoms. The van der Waals surface area contributed by atoms with Gasteiger partial charge in [0.25, 0.3) is 0 Å². The van der Waals surface area contributed by atoms with E-state index in [4.69, 9.17) is 11.6 Å². The zero-order valence-corrected chi connectivity index (χ0v) is 13.1. The number of benzene rings is 1. The number of hydrogen-bond donors (Lipinski definition) is 1. The summed E-state index contributed by atoms with van der Waals surface area (Å²) in [5, 5.41) is 4.10. The topological polar surface area (TPSA) is 15.3 Å². The lowest BCUT2D eigenvalue weighted by Crippen LogP contribution is -2.34. The number of nitrogens with zero attached hydrogens (tertiary/aromatic N) is 1. The summed E-state index contributed by atoms with van der Waals surface area (Å²) in [6.45, 7) is 2.05. The van der Waals surface area contributed by atoms with Crippen molar-refractivity contribution < 1.29 is 0 Å². The van der Waals surface area contributed by atoms with E-state index in [0.29, 0.717) is 0 Å². The first-order valence-corrected chi connectivity index (χ1v) is 8.37. The van der Waals surface area contributed by atoms with Crippen LogP contribution in [-0.4, -0.2) is 19.6 Å². The minimum Gasteiger partial charge on any atom is -0.367 e. The molecule has 0 aromatic heterocycles. The van der Waals surface area contributed by atoms with Crippen LogP contribution in [0.2, 0.25) is 5.02 Å². The molecule has 1 aromatic rings. The van der Waals surface area contributed by atoms with Crippen LogP contribution < -0.4 is 10.2 Å². The monoisotopic (exact) mass is 292 g/mol. The van der Waals surface area contributed by atoms with Gasteiger partial charge in [0.1, 0.15) is 0 Å². The Morgan fingerprint density at radius 2 is 2.00 bits per heavy atom. The minimum absolute atomic E-state index is 0.727. The van der Waals surface area contributed by atoms with E-state index in [1.165, 1.54) is 56.3 Å². The van der Waals surface area contributed by atoms with Crippen LogP contribution in [0.15, 0.2) is 18.2 Å². The van der Waals surface area contributed by atoms with Crippen molar-refractivity contribution in [2.45, 2.75) is 51.1 Å². The predicted octanol–water partition coefficient (Wildman–Crippen LogP) is 4.22. The summed E-state index contributed by atoms with van der Waals surface area (Å²) in [5.41, 5.74) is 2.51. The summed E-state index contributed by atoms with van der Waals surface area (Å²) in [7, 11) is 1.97. The van der Waals surface area contributed by atoms with E-state index in [0.717, 1.165) is 23.5 Å². The van der Waals surface area contributed by atoms with Gasteiger partial charge in [-0.05, 0) is 56.3 Å². The standard InChI is InChI=1S/C17H25ClN2/c1-19-12-13-8-9-17(15(18)11-13)20-10-4-7-16(20)14-5-2-3-6-14/h8-9,11,14,16,19H,2-7,10,12H2,1H3. The molecule has 1 aromatic carbocycles. The maximum atomic E-state index is 6.55. The van der Waals surface area contributed by atoms with Crippen molar-refractivity contribution in [2.75, 3.05) is 18.5 Å². The van der Waals surface area contributed by atoms with Gasteiger partial charge in [-0.1, -0.05) is 30.5 Å². The number of nitrogens with one attached hydrogen (secondary N) is 1. The van der Waals surface area contributed by atoms with Crippen LogP contribution in [0.1, 0.15) is 44.1 Å². The molecule has 2 fully saturated rings. The fraction of sp³-hybridized carbons (Fsp3) is 0.647. The van der Waals surface area contributed by atoms with Gasteiger partial charge in [0.05, 0.1) is 10.7 Å². The Balaban J connectivity index is 1.80. The van der Waals surface area contributed by atoms with Crippen molar-refractivity contribution in [1.82, 2.24) is 5.32 Å². The minimum atomic E-state index is 0.727. The molecule has 1 saturated heterocycles. The largest absolute Gasteiger partial charge is 0.367 e. The lowest BCUT2D eigenvalue weighted by molar-refractivity contribution is 0.431. The molecule has 0 amide bonds. The molecule has 1 aliphatic heterocycles. The fourth-order valence-electron chi connectivity index (χ4n) is 4.02. The van der Waals surface area contributed by atoms with Crippen LogP contribution >= 0.6 is 11.6 Å². The van der Waals surface area contributed by atoms with Crippen LogP contribution in [0.5, 0.6) is 0 Å². The maximum Gasteiger partial charge on any atom is 0.0642 e. The molecule has 1 unspecified atom stereocenters. The number of rotatable bonds is 4. The van der Waals surface area contributed by atoms with Gasteiger partial charge in [-0.3, -0.25) is 0 Å². The SMILES string of the molecule is CNCc1ccc(N2CCCC2C2CCCC2)c(Cl)c1. The van der Waals surface area contributed by atoms with Crippen molar-refractivity contribution in [3.8, 4) is 0 Å². The van der Waals surface area contributed by atoms with E-state index in [2.05, 4.69) is 28.4 Å². The van der Waals surface area contributed by atoms with Crippen molar-refractivity contribution >= 4 is 17.3 Å². The lowest BCUT2D eigenvalue weighted by Gasteiger charge is -2.32. The molecule has 3 heteroatoms. The number of hydrogen-bond acceptors (Lipinski definition) is 2. The molecule has 20 heavy (non-hydrogen) atoms. The van der Waals surface area contributed by atoms with E-state index >= 15 is 0 Å². The van der Waals surface area contributed by atoms with E-state index in [1.54, 1.807) is 0 Å². The van der Waals surface area contributed by atoms with Crippen molar-refractivity contribution in [3.05, 3.63) is 28.8 Å². The van der Waals surface area contributed by atoms with Gasteiger partial charge in [0.15, 0.2) is 0 Å². The van der Waals surface area contributed by atoms with E-state index in [9.17, 15) is 0 Å². The maximum absolute atomic E-state index is 6.55. The van der Waals surface area contributed by atoms with Crippen LogP contribution in [-0.2, 0) is 6.54 Å². The van der Waals surface area contributed by atoms with Gasteiger partial charge >= 0.3 is 0 Å². The van der Waals surface area contributed by atoms with Gasteiger partial charge in [-0.25, -0.2) is 0 Å². The third-order valence-corrected chi connectivity index (χ3v) is 5.25. The summed E-state index contributed by atoms with van der Waals surface area (Å²) in [6, 6.07) is 7.28. The molecule has 110 valence electrons. The smallest absolute Gasteiger partial charge is 0.0642 e. The molecular formula is C17H25ClN2. The third kappa shape index (κ3) is 2.82. The second kappa shape index (κ2) is 6.36. The quantitative estimate of drug-likeness (QED) is 0.894. The molecule has 1 heterocycles. The Kier molecular flexibility index (Phi) is 4.52. The van der Waals surface area contributed by atoms with Gasteiger partial charge < -0.3 is 10.2 Å². The highest BCUT2D eigenvalue weighted by Crippen LogP contribution is 2.40. The van der Waals surface area contributed by atoms with Crippen molar-refractivity contribution in [3.63, 3.8) is 0 Å². The average molecular weight is 293 g/mol. The average Bonchev–Trinajstić information content (AvgIpc) is 3.10. The molecule has 2 aliphatic rings. The van der Waals surface area contributed by atoms with Gasteiger partial charge in [0.2, 0.25) is 0 Å². The first kappa shape index (κ1) is 14.2. The summed E-state index contributed by atoms with van der Waals surface area (Å²) in [4.78, 5) is 2.58. The van der Waals surface area contributed by atoms with E-state index < -0.39 is 0 Å². The Hall–Kier alpha value is -0.730. The lowest BCUT2D eigenvalue weighted by atomic mass is 9.95. The Morgan fingerprint density at radius 1 is 1.20 bits per heavy atom. The zero-order valence-electron chi connectivity index (χ0n) is 12.4. The van der Waals surface area contributed by atoms with Gasteiger partial charge in [0, 0.05) is 19.1 Å². The number of halogens is 1. The second-order valence-electron chi connectivity index (χ2n) is 6.26. The highest BCUT2D eigenvalue weighted by molar-refractivity contribution is 6.33. The molecule has 0 spiro atoms. The first-order valence-electron chi connectivity index (χ1n) is 7.99. The number of anilines is 1. The van der Waals surface area contributed by atoms with Crippen molar-refractivity contribution in [1.29, 1.82) is 0 Å². The van der Waals surface area contributed by atoms with Crippen LogP contribution in [0, 0.1) is 5.92 Å². The van der Waals surface area contributed by atoms with Crippen LogP contribution in [0.3, 0.4) is 0 Å².